The van der Waals surface area contributed by atoms with Gasteiger partial charge >= 0.3 is 12.0 Å². The number of ether oxygens (including phenoxy) is 1. The second-order valence-corrected chi connectivity index (χ2v) is 5.45. The summed E-state index contributed by atoms with van der Waals surface area (Å²) < 4.78 is 30.6. The Balaban J connectivity index is 2.50. The summed E-state index contributed by atoms with van der Waals surface area (Å²) in [6.45, 7) is 4.38. The standard InChI is InChI=1S/C14H16F2N2O4/c1-14(2,3)18-13(21)17-11(19)7-22-12(20)9-5-4-8(15)6-10(9)16/h4-6H,7H2,1-3H3,(H2,17,18,19,21). The van der Waals surface area contributed by atoms with Gasteiger partial charge < -0.3 is 10.1 Å². The molecule has 0 unspecified atom stereocenters. The van der Waals surface area contributed by atoms with E-state index in [0.717, 1.165) is 12.1 Å². The van der Waals surface area contributed by atoms with Crippen LogP contribution in [-0.2, 0) is 9.53 Å². The van der Waals surface area contributed by atoms with Gasteiger partial charge in [0.25, 0.3) is 5.91 Å². The van der Waals surface area contributed by atoms with E-state index in [1.807, 2.05) is 5.32 Å². The van der Waals surface area contributed by atoms with Crippen LogP contribution >= 0.6 is 0 Å². The SMILES string of the molecule is CC(C)(C)NC(=O)NC(=O)COC(=O)c1ccc(F)cc1F. The predicted octanol–water partition coefficient (Wildman–Crippen LogP) is 1.75. The normalized spacial score (nSPS) is 10.8. The van der Waals surface area contributed by atoms with Gasteiger partial charge in [0.15, 0.2) is 6.61 Å². The Morgan fingerprint density at radius 2 is 1.82 bits per heavy atom. The molecule has 0 saturated heterocycles. The van der Waals surface area contributed by atoms with Crippen molar-refractivity contribution in [2.24, 2.45) is 0 Å². The Bertz CT molecular complexity index is 597. The lowest BCUT2D eigenvalue weighted by Crippen LogP contribution is -2.49. The first-order chi connectivity index (χ1) is 10.1. The Hall–Kier alpha value is -2.51. The van der Waals surface area contributed by atoms with Crippen LogP contribution in [0, 0.1) is 11.6 Å². The largest absolute Gasteiger partial charge is 0.452 e. The highest BCUT2D eigenvalue weighted by Gasteiger charge is 2.18. The first-order valence-electron chi connectivity index (χ1n) is 6.32. The highest BCUT2D eigenvalue weighted by atomic mass is 19.1. The van der Waals surface area contributed by atoms with Crippen molar-refractivity contribution in [3.8, 4) is 0 Å². The molecule has 0 radical (unpaired) electrons. The molecular formula is C14H16F2N2O4. The molecule has 6 nitrogen and oxygen atoms in total. The Morgan fingerprint density at radius 1 is 1.18 bits per heavy atom. The third-order valence-electron chi connectivity index (χ3n) is 2.23. The molecule has 0 heterocycles. The molecule has 1 aromatic rings. The van der Waals surface area contributed by atoms with Crippen molar-refractivity contribution in [3.63, 3.8) is 0 Å². The first kappa shape index (κ1) is 17.5. The van der Waals surface area contributed by atoms with Crippen molar-refractivity contribution in [2.45, 2.75) is 26.3 Å². The second-order valence-electron chi connectivity index (χ2n) is 5.45. The number of carbonyl (C=O) groups is 3. The average Bonchev–Trinajstić information content (AvgIpc) is 2.33. The summed E-state index contributed by atoms with van der Waals surface area (Å²) in [4.78, 5) is 34.3. The van der Waals surface area contributed by atoms with Crippen LogP contribution in [0.5, 0.6) is 0 Å². The van der Waals surface area contributed by atoms with Crippen LogP contribution in [0.4, 0.5) is 13.6 Å². The Morgan fingerprint density at radius 3 is 2.36 bits per heavy atom. The maximum atomic E-state index is 13.3. The molecule has 0 fully saturated rings. The number of esters is 1. The average molecular weight is 314 g/mol. The molecule has 2 N–H and O–H groups in total. The fraction of sp³-hybridized carbons (Fsp3) is 0.357. The monoisotopic (exact) mass is 314 g/mol. The number of hydrogen-bond acceptors (Lipinski definition) is 4. The van der Waals surface area contributed by atoms with Gasteiger partial charge in [-0.3, -0.25) is 10.1 Å². The molecule has 0 spiro atoms. The summed E-state index contributed by atoms with van der Waals surface area (Å²) in [6, 6.07) is 1.56. The van der Waals surface area contributed by atoms with Crippen molar-refractivity contribution >= 4 is 17.9 Å². The van der Waals surface area contributed by atoms with Crippen molar-refractivity contribution < 1.29 is 27.9 Å². The molecule has 22 heavy (non-hydrogen) atoms. The van der Waals surface area contributed by atoms with Gasteiger partial charge in [-0.05, 0) is 32.9 Å². The van der Waals surface area contributed by atoms with Crippen LogP contribution in [0.25, 0.3) is 0 Å². The molecule has 0 saturated carbocycles. The van der Waals surface area contributed by atoms with Crippen LogP contribution in [0.2, 0.25) is 0 Å². The molecule has 3 amide bonds. The number of imide groups is 1. The molecule has 1 rings (SSSR count). The van der Waals surface area contributed by atoms with E-state index < -0.39 is 47.3 Å². The van der Waals surface area contributed by atoms with Gasteiger partial charge in [-0.25, -0.2) is 18.4 Å². The number of urea groups is 1. The zero-order valence-corrected chi connectivity index (χ0v) is 12.3. The van der Waals surface area contributed by atoms with E-state index in [4.69, 9.17) is 0 Å². The number of amides is 3. The highest BCUT2D eigenvalue weighted by molar-refractivity contribution is 5.97. The van der Waals surface area contributed by atoms with E-state index in [0.29, 0.717) is 6.07 Å². The summed E-state index contributed by atoms with van der Waals surface area (Å²) in [5, 5.41) is 4.42. The molecule has 8 heteroatoms. The third kappa shape index (κ3) is 5.86. The van der Waals surface area contributed by atoms with E-state index in [9.17, 15) is 23.2 Å². The van der Waals surface area contributed by atoms with Crippen LogP contribution in [0.15, 0.2) is 18.2 Å². The number of carbonyl (C=O) groups excluding carboxylic acids is 3. The van der Waals surface area contributed by atoms with Crippen molar-refractivity contribution in [3.05, 3.63) is 35.4 Å². The number of rotatable bonds is 3. The molecular weight excluding hydrogens is 298 g/mol. The second kappa shape index (κ2) is 6.97. The lowest BCUT2D eigenvalue weighted by atomic mass is 10.1. The number of nitrogens with one attached hydrogen (secondary N) is 2. The van der Waals surface area contributed by atoms with E-state index >= 15 is 0 Å². The summed E-state index contributed by atoms with van der Waals surface area (Å²) in [6.07, 6.45) is 0. The molecule has 0 aliphatic carbocycles. The Kier molecular flexibility index (Phi) is 5.56. The lowest BCUT2D eigenvalue weighted by Gasteiger charge is -2.20. The van der Waals surface area contributed by atoms with Gasteiger partial charge in [-0.1, -0.05) is 0 Å². The number of benzene rings is 1. The van der Waals surface area contributed by atoms with Crippen LogP contribution in [0.1, 0.15) is 31.1 Å². The van der Waals surface area contributed by atoms with E-state index in [1.54, 1.807) is 20.8 Å². The van der Waals surface area contributed by atoms with Gasteiger partial charge in [-0.15, -0.1) is 0 Å². The zero-order chi connectivity index (χ0) is 16.9. The minimum absolute atomic E-state index is 0.506. The smallest absolute Gasteiger partial charge is 0.341 e. The summed E-state index contributed by atoms with van der Waals surface area (Å²) >= 11 is 0. The van der Waals surface area contributed by atoms with Crippen molar-refractivity contribution in [1.29, 1.82) is 0 Å². The lowest BCUT2D eigenvalue weighted by molar-refractivity contribution is -0.123. The minimum Gasteiger partial charge on any atom is -0.452 e. The molecule has 120 valence electrons. The van der Waals surface area contributed by atoms with Gasteiger partial charge in [0.05, 0.1) is 5.56 Å². The van der Waals surface area contributed by atoms with Gasteiger partial charge in [0.2, 0.25) is 0 Å². The maximum absolute atomic E-state index is 13.3. The summed E-state index contributed by atoms with van der Waals surface area (Å²) in [5.41, 5.74) is -1.05. The van der Waals surface area contributed by atoms with E-state index in [1.165, 1.54) is 0 Å². The fourth-order valence-electron chi connectivity index (χ4n) is 1.40. The predicted molar refractivity (Wildman–Crippen MR) is 73.1 cm³/mol. The molecule has 0 aromatic heterocycles. The molecule has 0 aliphatic rings. The van der Waals surface area contributed by atoms with E-state index in [2.05, 4.69) is 10.1 Å². The van der Waals surface area contributed by atoms with Crippen molar-refractivity contribution in [1.82, 2.24) is 10.6 Å². The fourth-order valence-corrected chi connectivity index (χ4v) is 1.40. The quantitative estimate of drug-likeness (QED) is 0.832. The zero-order valence-electron chi connectivity index (χ0n) is 12.3. The molecule has 0 bridgehead atoms. The third-order valence-corrected chi connectivity index (χ3v) is 2.23. The maximum Gasteiger partial charge on any atom is 0.341 e. The summed E-state index contributed by atoms with van der Waals surface area (Å²) in [5.74, 6) is -3.96. The first-order valence-corrected chi connectivity index (χ1v) is 6.32. The minimum atomic E-state index is -1.14. The van der Waals surface area contributed by atoms with Crippen LogP contribution in [0.3, 0.4) is 0 Å². The molecule has 1 aromatic carbocycles. The topological polar surface area (TPSA) is 84.5 Å². The number of hydrogen-bond donors (Lipinski definition) is 2. The molecule has 0 atom stereocenters. The van der Waals surface area contributed by atoms with Crippen LogP contribution in [-0.4, -0.2) is 30.1 Å². The van der Waals surface area contributed by atoms with Gasteiger partial charge in [-0.2, -0.15) is 0 Å². The number of halogens is 2. The highest BCUT2D eigenvalue weighted by Crippen LogP contribution is 2.10. The van der Waals surface area contributed by atoms with Gasteiger partial charge in [0.1, 0.15) is 11.6 Å². The van der Waals surface area contributed by atoms with Gasteiger partial charge in [0, 0.05) is 11.6 Å². The molecule has 0 aliphatic heterocycles. The summed E-state index contributed by atoms with van der Waals surface area (Å²) in [7, 11) is 0. The van der Waals surface area contributed by atoms with Crippen molar-refractivity contribution in [2.75, 3.05) is 6.61 Å². The van der Waals surface area contributed by atoms with Crippen LogP contribution < -0.4 is 10.6 Å². The Labute approximate surface area is 125 Å². The van der Waals surface area contributed by atoms with E-state index in [-0.39, 0.29) is 0 Å².